The lowest BCUT2D eigenvalue weighted by molar-refractivity contribution is -0.130. The third-order valence-electron chi connectivity index (χ3n) is 5.49. The molecule has 1 aromatic carbocycles. The Balaban J connectivity index is 1.63. The topological polar surface area (TPSA) is 69.7 Å². The van der Waals surface area contributed by atoms with E-state index in [0.717, 1.165) is 45.2 Å². The zero-order chi connectivity index (χ0) is 19.3. The molecule has 7 heteroatoms. The van der Waals surface area contributed by atoms with Gasteiger partial charge in [0.15, 0.2) is 0 Å². The number of anilines is 1. The fourth-order valence-electron chi connectivity index (χ4n) is 3.90. The molecule has 0 saturated carbocycles. The number of sulfonamides is 1. The van der Waals surface area contributed by atoms with E-state index in [0.29, 0.717) is 29.6 Å². The number of amides is 1. The molecule has 2 fully saturated rings. The molecule has 2 saturated heterocycles. The molecule has 1 atom stereocenters. The van der Waals surface area contributed by atoms with Crippen LogP contribution in [0.25, 0.3) is 0 Å². The van der Waals surface area contributed by atoms with Crippen LogP contribution in [-0.2, 0) is 14.8 Å². The van der Waals surface area contributed by atoms with Crippen molar-refractivity contribution in [1.29, 1.82) is 0 Å². The second kappa shape index (κ2) is 9.06. The average molecular weight is 394 g/mol. The number of likely N-dealkylation sites (tertiary alicyclic amines) is 1. The summed E-state index contributed by atoms with van der Waals surface area (Å²) in [6.07, 6.45) is 6.24. The van der Waals surface area contributed by atoms with Gasteiger partial charge in [-0.1, -0.05) is 25.8 Å². The number of carbonyl (C=O) groups is 1. The lowest BCUT2D eigenvalue weighted by Crippen LogP contribution is -2.41. The minimum absolute atomic E-state index is 0.0716. The lowest BCUT2D eigenvalue weighted by Gasteiger charge is -2.31. The summed E-state index contributed by atoms with van der Waals surface area (Å²) < 4.78 is 27.5. The van der Waals surface area contributed by atoms with Gasteiger partial charge in [-0.2, -0.15) is 4.31 Å². The Kier molecular flexibility index (Phi) is 6.76. The van der Waals surface area contributed by atoms with E-state index in [-0.39, 0.29) is 12.5 Å². The second-order valence-corrected chi connectivity index (χ2v) is 9.72. The predicted octanol–water partition coefficient (Wildman–Crippen LogP) is 2.92. The second-order valence-electron chi connectivity index (χ2n) is 7.79. The molecular weight excluding hydrogens is 362 g/mol. The van der Waals surface area contributed by atoms with E-state index in [1.807, 2.05) is 11.0 Å². The smallest absolute Gasteiger partial charge is 0.243 e. The molecule has 3 rings (SSSR count). The number of piperidine rings is 1. The Bertz CT molecular complexity index is 743. The van der Waals surface area contributed by atoms with Crippen LogP contribution < -0.4 is 5.32 Å². The average Bonchev–Trinajstić information content (AvgIpc) is 2.96. The zero-order valence-electron chi connectivity index (χ0n) is 16.2. The van der Waals surface area contributed by atoms with Crippen LogP contribution >= 0.6 is 0 Å². The summed E-state index contributed by atoms with van der Waals surface area (Å²) in [6, 6.07) is 6.83. The molecule has 0 aromatic heterocycles. The highest BCUT2D eigenvalue weighted by Gasteiger charge is 2.25. The molecule has 27 heavy (non-hydrogen) atoms. The number of nitrogens with one attached hydrogen (secondary N) is 1. The Hall–Kier alpha value is -1.60. The number of hydrogen-bond donors (Lipinski definition) is 1. The molecule has 6 nitrogen and oxygen atoms in total. The third kappa shape index (κ3) is 5.23. The fraction of sp³-hybridized carbons (Fsp3) is 0.650. The maximum atomic E-state index is 12.9. The van der Waals surface area contributed by atoms with Gasteiger partial charge in [-0.25, -0.2) is 8.42 Å². The maximum Gasteiger partial charge on any atom is 0.243 e. The van der Waals surface area contributed by atoms with Crippen LogP contribution in [0.4, 0.5) is 5.69 Å². The summed E-state index contributed by atoms with van der Waals surface area (Å²) in [4.78, 5) is 14.6. The van der Waals surface area contributed by atoms with E-state index >= 15 is 0 Å². The first-order valence-corrected chi connectivity index (χ1v) is 11.5. The van der Waals surface area contributed by atoms with E-state index in [1.165, 1.54) is 6.42 Å². The largest absolute Gasteiger partial charge is 0.376 e. The molecule has 1 aromatic rings. The number of nitrogens with zero attached hydrogens (tertiary/aromatic N) is 2. The van der Waals surface area contributed by atoms with Crippen molar-refractivity contribution in [1.82, 2.24) is 9.21 Å². The minimum Gasteiger partial charge on any atom is -0.376 e. The van der Waals surface area contributed by atoms with Gasteiger partial charge in [0.2, 0.25) is 15.9 Å². The first-order valence-electron chi connectivity index (χ1n) is 10.1. The Labute approximate surface area is 163 Å². The molecule has 0 bridgehead atoms. The van der Waals surface area contributed by atoms with Crippen LogP contribution in [0.1, 0.15) is 45.4 Å². The summed E-state index contributed by atoms with van der Waals surface area (Å²) in [5, 5.41) is 3.11. The monoisotopic (exact) mass is 393 g/mol. The quantitative estimate of drug-likeness (QED) is 0.835. The van der Waals surface area contributed by atoms with Gasteiger partial charge in [-0.3, -0.25) is 4.79 Å². The molecule has 0 radical (unpaired) electrons. The van der Waals surface area contributed by atoms with Crippen molar-refractivity contribution in [3.05, 3.63) is 24.3 Å². The van der Waals surface area contributed by atoms with Crippen molar-refractivity contribution >= 4 is 21.6 Å². The van der Waals surface area contributed by atoms with Gasteiger partial charge in [-0.15, -0.1) is 0 Å². The highest BCUT2D eigenvalue weighted by atomic mass is 32.2. The highest BCUT2D eigenvalue weighted by Crippen LogP contribution is 2.23. The van der Waals surface area contributed by atoms with Gasteiger partial charge < -0.3 is 10.2 Å². The van der Waals surface area contributed by atoms with Crippen LogP contribution in [0, 0.1) is 5.92 Å². The van der Waals surface area contributed by atoms with Crippen molar-refractivity contribution in [2.75, 3.05) is 38.0 Å². The van der Waals surface area contributed by atoms with Crippen molar-refractivity contribution in [2.45, 2.75) is 50.3 Å². The van der Waals surface area contributed by atoms with Gasteiger partial charge in [-0.05, 0) is 49.8 Å². The molecule has 1 amide bonds. The third-order valence-corrected chi connectivity index (χ3v) is 7.38. The van der Waals surface area contributed by atoms with Crippen LogP contribution in [0.2, 0.25) is 0 Å². The number of hydrogen-bond acceptors (Lipinski definition) is 4. The maximum absolute atomic E-state index is 12.9. The SMILES string of the molecule is CC1CCCN(C(=O)CNc2cccc(S(=O)(=O)N3CCCCCC3)c2)C1. The summed E-state index contributed by atoms with van der Waals surface area (Å²) >= 11 is 0. The minimum atomic E-state index is -3.48. The normalized spacial score (nSPS) is 22.3. The van der Waals surface area contributed by atoms with E-state index in [1.54, 1.807) is 22.5 Å². The first-order chi connectivity index (χ1) is 13.0. The lowest BCUT2D eigenvalue weighted by atomic mass is 10.0. The van der Waals surface area contributed by atoms with E-state index in [2.05, 4.69) is 12.2 Å². The van der Waals surface area contributed by atoms with E-state index < -0.39 is 10.0 Å². The van der Waals surface area contributed by atoms with Crippen LogP contribution in [0.5, 0.6) is 0 Å². The predicted molar refractivity (Wildman–Crippen MR) is 107 cm³/mol. The Morgan fingerprint density at radius 1 is 1.11 bits per heavy atom. The molecule has 0 spiro atoms. The van der Waals surface area contributed by atoms with Gasteiger partial charge in [0, 0.05) is 31.9 Å². The molecule has 2 aliphatic heterocycles. The van der Waals surface area contributed by atoms with Crippen LogP contribution in [-0.4, -0.2) is 56.3 Å². The fourth-order valence-corrected chi connectivity index (χ4v) is 5.47. The highest BCUT2D eigenvalue weighted by molar-refractivity contribution is 7.89. The first kappa shape index (κ1) is 20.1. The molecule has 1 N–H and O–H groups in total. The zero-order valence-corrected chi connectivity index (χ0v) is 17.0. The van der Waals surface area contributed by atoms with E-state index in [4.69, 9.17) is 0 Å². The van der Waals surface area contributed by atoms with Crippen LogP contribution in [0.3, 0.4) is 0 Å². The Morgan fingerprint density at radius 3 is 2.56 bits per heavy atom. The molecule has 2 aliphatic rings. The number of rotatable bonds is 5. The van der Waals surface area contributed by atoms with Crippen molar-refractivity contribution in [3.8, 4) is 0 Å². The molecule has 0 aliphatic carbocycles. The Morgan fingerprint density at radius 2 is 1.85 bits per heavy atom. The summed E-state index contributed by atoms with van der Waals surface area (Å²) in [5.41, 5.74) is 0.671. The van der Waals surface area contributed by atoms with Gasteiger partial charge >= 0.3 is 0 Å². The standard InChI is InChI=1S/C20H31N3O3S/c1-17-8-7-11-22(16-17)20(24)15-21-18-9-6-10-19(14-18)27(25,26)23-12-4-2-3-5-13-23/h6,9-10,14,17,21H,2-5,7-8,11-13,15-16H2,1H3. The summed E-state index contributed by atoms with van der Waals surface area (Å²) in [6.45, 7) is 5.17. The van der Waals surface area contributed by atoms with Crippen molar-refractivity contribution in [3.63, 3.8) is 0 Å². The number of carbonyl (C=O) groups excluding carboxylic acids is 1. The van der Waals surface area contributed by atoms with Crippen molar-refractivity contribution in [2.24, 2.45) is 5.92 Å². The molecule has 150 valence electrons. The molecular formula is C20H31N3O3S. The van der Waals surface area contributed by atoms with E-state index in [9.17, 15) is 13.2 Å². The van der Waals surface area contributed by atoms with Gasteiger partial charge in [0.1, 0.15) is 0 Å². The number of benzene rings is 1. The summed E-state index contributed by atoms with van der Waals surface area (Å²) in [5.74, 6) is 0.618. The van der Waals surface area contributed by atoms with Gasteiger partial charge in [0.25, 0.3) is 0 Å². The van der Waals surface area contributed by atoms with Crippen molar-refractivity contribution < 1.29 is 13.2 Å². The molecule has 1 unspecified atom stereocenters. The van der Waals surface area contributed by atoms with Crippen LogP contribution in [0.15, 0.2) is 29.2 Å². The molecule has 2 heterocycles. The van der Waals surface area contributed by atoms with Gasteiger partial charge in [0.05, 0.1) is 11.4 Å². The summed E-state index contributed by atoms with van der Waals surface area (Å²) in [7, 11) is -3.48.